The van der Waals surface area contributed by atoms with E-state index in [4.69, 9.17) is 20.8 Å². The molecule has 5 N–H and O–H groups in total. The molecule has 0 bridgehead atoms. The van der Waals surface area contributed by atoms with Crippen molar-refractivity contribution >= 4 is 21.5 Å². The first-order valence-electron chi connectivity index (χ1n) is 5.03. The molecule has 1 aromatic rings. The number of hydrogen-bond acceptors (Lipinski definition) is 5. The summed E-state index contributed by atoms with van der Waals surface area (Å²) in [5.41, 5.74) is 13.3. The predicted molar refractivity (Wildman–Crippen MR) is 66.5 cm³/mol. The Kier molecular flexibility index (Phi) is 4.19. The molecule has 0 unspecified atom stereocenters. The van der Waals surface area contributed by atoms with E-state index >= 15 is 0 Å². The summed E-state index contributed by atoms with van der Waals surface area (Å²) in [6.45, 7) is 1.97. The van der Waals surface area contributed by atoms with Gasteiger partial charge in [0.1, 0.15) is 5.75 Å². The Morgan fingerprint density at radius 1 is 1.29 bits per heavy atom. The fourth-order valence-corrected chi connectivity index (χ4v) is 1.76. The van der Waals surface area contributed by atoms with E-state index in [0.717, 1.165) is 5.56 Å². The summed E-state index contributed by atoms with van der Waals surface area (Å²) >= 11 is 0. The van der Waals surface area contributed by atoms with Crippen molar-refractivity contribution in [3.05, 3.63) is 17.7 Å². The van der Waals surface area contributed by atoms with Gasteiger partial charge >= 0.3 is 0 Å². The van der Waals surface area contributed by atoms with Gasteiger partial charge in [-0.05, 0) is 25.0 Å². The van der Waals surface area contributed by atoms with Gasteiger partial charge in [-0.1, -0.05) is 0 Å². The third-order valence-electron chi connectivity index (χ3n) is 2.20. The van der Waals surface area contributed by atoms with Crippen LogP contribution in [-0.2, 0) is 10.1 Å². The minimum atomic E-state index is -3.94. The third-order valence-corrected chi connectivity index (χ3v) is 3.01. The minimum absolute atomic E-state index is 0.145. The van der Waals surface area contributed by atoms with Gasteiger partial charge in [-0.15, -0.1) is 0 Å². The number of hydrogen-bond donors (Lipinski definition) is 3. The normalized spacial score (nSPS) is 11.4. The second kappa shape index (κ2) is 5.24. The molecule has 17 heavy (non-hydrogen) atoms. The van der Waals surface area contributed by atoms with Crippen LogP contribution in [0.25, 0.3) is 0 Å². The first-order valence-corrected chi connectivity index (χ1v) is 6.64. The van der Waals surface area contributed by atoms with Gasteiger partial charge in [0.15, 0.2) is 0 Å². The molecule has 0 heterocycles. The summed E-state index contributed by atoms with van der Waals surface area (Å²) in [5, 5.41) is 0. The van der Waals surface area contributed by atoms with E-state index in [1.807, 2.05) is 6.92 Å². The summed E-state index contributed by atoms with van der Waals surface area (Å²) in [5.74, 6) is 0.0808. The topological polar surface area (TPSA) is 116 Å². The molecule has 6 nitrogen and oxygen atoms in total. The lowest BCUT2D eigenvalue weighted by Crippen LogP contribution is -2.09. The van der Waals surface area contributed by atoms with Gasteiger partial charge in [-0.2, -0.15) is 8.42 Å². The molecule has 0 aliphatic heterocycles. The quantitative estimate of drug-likeness (QED) is 0.410. The highest BCUT2D eigenvalue weighted by Crippen LogP contribution is 2.27. The van der Waals surface area contributed by atoms with Crippen LogP contribution in [0.4, 0.5) is 11.4 Å². The molecule has 96 valence electrons. The Bertz CT molecular complexity index is 499. The average Bonchev–Trinajstić information content (AvgIpc) is 2.18. The first kappa shape index (κ1) is 13.6. The van der Waals surface area contributed by atoms with E-state index in [0.29, 0.717) is 17.1 Å². The van der Waals surface area contributed by atoms with Crippen molar-refractivity contribution in [1.82, 2.24) is 0 Å². The number of rotatable bonds is 5. The molecule has 0 atom stereocenters. The van der Waals surface area contributed by atoms with Crippen LogP contribution in [0.15, 0.2) is 12.1 Å². The highest BCUT2D eigenvalue weighted by atomic mass is 32.2. The molecule has 0 aliphatic carbocycles. The van der Waals surface area contributed by atoms with Crippen molar-refractivity contribution in [3.63, 3.8) is 0 Å². The number of ether oxygens (including phenoxy) is 1. The molecule has 0 saturated carbocycles. The molecular formula is C10H16N2O4S. The molecule has 1 rings (SSSR count). The second-order valence-corrected chi connectivity index (χ2v) is 5.31. The van der Waals surface area contributed by atoms with Crippen molar-refractivity contribution in [2.24, 2.45) is 0 Å². The van der Waals surface area contributed by atoms with Gasteiger partial charge < -0.3 is 16.2 Å². The molecule has 0 spiro atoms. The van der Waals surface area contributed by atoms with Gasteiger partial charge in [0.2, 0.25) is 0 Å². The maximum absolute atomic E-state index is 10.5. The van der Waals surface area contributed by atoms with Gasteiger partial charge in [-0.3, -0.25) is 4.55 Å². The molecular weight excluding hydrogens is 244 g/mol. The second-order valence-electron chi connectivity index (χ2n) is 3.73. The molecule has 0 fully saturated rings. The van der Waals surface area contributed by atoms with Gasteiger partial charge in [0.25, 0.3) is 10.1 Å². The van der Waals surface area contributed by atoms with Crippen molar-refractivity contribution in [2.45, 2.75) is 13.3 Å². The Labute approximate surface area is 100 Å². The lowest BCUT2D eigenvalue weighted by molar-refractivity contribution is 0.318. The summed E-state index contributed by atoms with van der Waals surface area (Å²) in [7, 11) is -3.94. The van der Waals surface area contributed by atoms with Crippen LogP contribution in [-0.4, -0.2) is 25.3 Å². The fraction of sp³-hybridized carbons (Fsp3) is 0.400. The zero-order chi connectivity index (χ0) is 13.1. The van der Waals surface area contributed by atoms with Crippen molar-refractivity contribution < 1.29 is 17.7 Å². The summed E-state index contributed by atoms with van der Waals surface area (Å²) in [6.07, 6.45) is 0.187. The van der Waals surface area contributed by atoms with E-state index in [9.17, 15) is 8.42 Å². The van der Waals surface area contributed by atoms with Crippen molar-refractivity contribution in [3.8, 4) is 5.75 Å². The standard InChI is InChI=1S/C10H16N2O4S/c1-7-5-9(12)10(6-8(7)11)16-3-2-4-17(13,14)15/h5-6H,2-4,11-12H2,1H3,(H,13,14,15). The lowest BCUT2D eigenvalue weighted by atomic mass is 10.1. The van der Waals surface area contributed by atoms with Crippen LogP contribution in [0.2, 0.25) is 0 Å². The van der Waals surface area contributed by atoms with Crippen LogP contribution < -0.4 is 16.2 Å². The van der Waals surface area contributed by atoms with Crippen LogP contribution >= 0.6 is 0 Å². The van der Waals surface area contributed by atoms with E-state index in [1.54, 1.807) is 12.1 Å². The highest BCUT2D eigenvalue weighted by molar-refractivity contribution is 7.85. The summed E-state index contributed by atoms with van der Waals surface area (Å²) in [6, 6.07) is 3.28. The Hall–Kier alpha value is -1.47. The SMILES string of the molecule is Cc1cc(N)c(OCCCS(=O)(=O)O)cc1N. The van der Waals surface area contributed by atoms with Crippen LogP contribution in [0.1, 0.15) is 12.0 Å². The smallest absolute Gasteiger partial charge is 0.264 e. The predicted octanol–water partition coefficient (Wildman–Crippen LogP) is 0.816. The van der Waals surface area contributed by atoms with Crippen LogP contribution in [0, 0.1) is 6.92 Å². The largest absolute Gasteiger partial charge is 0.491 e. The summed E-state index contributed by atoms with van der Waals surface area (Å²) in [4.78, 5) is 0. The zero-order valence-corrected chi connectivity index (χ0v) is 10.3. The van der Waals surface area contributed by atoms with E-state index in [1.165, 1.54) is 0 Å². The number of benzene rings is 1. The first-order chi connectivity index (χ1) is 7.79. The van der Waals surface area contributed by atoms with Crippen molar-refractivity contribution in [2.75, 3.05) is 23.8 Å². The summed E-state index contributed by atoms with van der Waals surface area (Å²) < 4.78 is 34.7. The minimum Gasteiger partial charge on any atom is -0.491 e. The van der Waals surface area contributed by atoms with Gasteiger partial charge in [0, 0.05) is 11.8 Å². The van der Waals surface area contributed by atoms with E-state index in [-0.39, 0.29) is 18.8 Å². The highest BCUT2D eigenvalue weighted by Gasteiger charge is 2.06. The number of aryl methyl sites for hydroxylation is 1. The average molecular weight is 260 g/mol. The number of anilines is 2. The molecule has 1 aromatic carbocycles. The Morgan fingerprint density at radius 2 is 1.94 bits per heavy atom. The van der Waals surface area contributed by atoms with Crippen molar-refractivity contribution in [1.29, 1.82) is 0 Å². The molecule has 0 aliphatic rings. The molecule has 0 amide bonds. The molecule has 7 heteroatoms. The monoisotopic (exact) mass is 260 g/mol. The third kappa shape index (κ3) is 4.49. The van der Waals surface area contributed by atoms with E-state index in [2.05, 4.69) is 0 Å². The fourth-order valence-electron chi connectivity index (χ4n) is 1.27. The molecule has 0 aromatic heterocycles. The Balaban J connectivity index is 2.55. The lowest BCUT2D eigenvalue weighted by Gasteiger charge is -2.10. The van der Waals surface area contributed by atoms with Crippen LogP contribution in [0.3, 0.4) is 0 Å². The van der Waals surface area contributed by atoms with Crippen LogP contribution in [0.5, 0.6) is 5.75 Å². The maximum atomic E-state index is 10.5. The molecule has 0 saturated heterocycles. The maximum Gasteiger partial charge on any atom is 0.264 e. The van der Waals surface area contributed by atoms with Gasteiger partial charge in [-0.25, -0.2) is 0 Å². The number of nitrogen functional groups attached to an aromatic ring is 2. The van der Waals surface area contributed by atoms with Gasteiger partial charge in [0.05, 0.1) is 18.0 Å². The Morgan fingerprint density at radius 3 is 2.53 bits per heavy atom. The van der Waals surface area contributed by atoms with E-state index < -0.39 is 10.1 Å². The number of nitrogens with two attached hydrogens (primary N) is 2. The zero-order valence-electron chi connectivity index (χ0n) is 9.51. The molecule has 0 radical (unpaired) electrons.